The maximum absolute atomic E-state index is 12.2. The monoisotopic (exact) mass is 345 g/mol. The lowest BCUT2D eigenvalue weighted by Gasteiger charge is -2.30. The van der Waals surface area contributed by atoms with Crippen molar-refractivity contribution in [2.24, 2.45) is 11.7 Å². The van der Waals surface area contributed by atoms with Crippen LogP contribution < -0.4 is 11.1 Å². The van der Waals surface area contributed by atoms with Crippen LogP contribution in [-0.2, 0) is 22.6 Å². The molecule has 0 aliphatic carbocycles. The number of hydrogen-bond acceptors (Lipinski definition) is 4. The Morgan fingerprint density at radius 2 is 2.00 bits per heavy atom. The highest BCUT2D eigenvalue weighted by Gasteiger charge is 2.29. The molecule has 1 unspecified atom stereocenters. The SMILES string of the molecule is CC1CCCN(Cc2ccc(CNC(=O)[C@@H]3CC[C@H](CN)O3)cc2)C1. The van der Waals surface area contributed by atoms with E-state index < -0.39 is 0 Å². The Morgan fingerprint density at radius 3 is 2.68 bits per heavy atom. The van der Waals surface area contributed by atoms with Crippen molar-refractivity contribution in [3.8, 4) is 0 Å². The van der Waals surface area contributed by atoms with Gasteiger partial charge in [0.1, 0.15) is 6.10 Å². The third-order valence-corrected chi connectivity index (χ3v) is 5.30. The molecule has 25 heavy (non-hydrogen) atoms. The Hall–Kier alpha value is -1.43. The summed E-state index contributed by atoms with van der Waals surface area (Å²) >= 11 is 0. The molecule has 3 atom stereocenters. The van der Waals surface area contributed by atoms with Gasteiger partial charge in [-0.3, -0.25) is 9.69 Å². The van der Waals surface area contributed by atoms with E-state index in [2.05, 4.69) is 41.4 Å². The molecule has 2 fully saturated rings. The van der Waals surface area contributed by atoms with Crippen molar-refractivity contribution < 1.29 is 9.53 Å². The van der Waals surface area contributed by atoms with Crippen LogP contribution >= 0.6 is 0 Å². The van der Waals surface area contributed by atoms with Crippen molar-refractivity contribution in [2.75, 3.05) is 19.6 Å². The zero-order valence-corrected chi connectivity index (χ0v) is 15.2. The molecule has 5 heteroatoms. The number of benzene rings is 1. The fourth-order valence-corrected chi connectivity index (χ4v) is 3.83. The topological polar surface area (TPSA) is 67.6 Å². The van der Waals surface area contributed by atoms with Crippen LogP contribution in [0.3, 0.4) is 0 Å². The summed E-state index contributed by atoms with van der Waals surface area (Å²) in [7, 11) is 0. The highest BCUT2D eigenvalue weighted by Crippen LogP contribution is 2.20. The van der Waals surface area contributed by atoms with Crippen LogP contribution in [0.15, 0.2) is 24.3 Å². The average Bonchev–Trinajstić information content (AvgIpc) is 3.10. The van der Waals surface area contributed by atoms with Crippen molar-refractivity contribution in [1.29, 1.82) is 0 Å². The van der Waals surface area contributed by atoms with E-state index >= 15 is 0 Å². The Balaban J connectivity index is 1.44. The van der Waals surface area contributed by atoms with Gasteiger partial charge in [-0.05, 0) is 49.3 Å². The predicted octanol–water partition coefficient (Wildman–Crippen LogP) is 2.04. The first-order valence-corrected chi connectivity index (χ1v) is 9.57. The summed E-state index contributed by atoms with van der Waals surface area (Å²) in [5.41, 5.74) is 8.05. The van der Waals surface area contributed by atoms with Gasteiger partial charge in [-0.15, -0.1) is 0 Å². The van der Waals surface area contributed by atoms with Gasteiger partial charge in [-0.2, -0.15) is 0 Å². The molecule has 5 nitrogen and oxygen atoms in total. The summed E-state index contributed by atoms with van der Waals surface area (Å²) in [6.45, 7) is 6.79. The minimum absolute atomic E-state index is 0.0256. The van der Waals surface area contributed by atoms with Crippen LogP contribution in [-0.4, -0.2) is 42.6 Å². The molecule has 2 aliphatic heterocycles. The molecule has 2 heterocycles. The molecule has 0 bridgehead atoms. The molecule has 0 radical (unpaired) electrons. The molecule has 1 aromatic carbocycles. The normalized spacial score (nSPS) is 27.4. The van der Waals surface area contributed by atoms with Crippen LogP contribution in [0.5, 0.6) is 0 Å². The minimum atomic E-state index is -0.339. The lowest BCUT2D eigenvalue weighted by molar-refractivity contribution is -0.132. The summed E-state index contributed by atoms with van der Waals surface area (Å²) in [6.07, 6.45) is 3.99. The van der Waals surface area contributed by atoms with Gasteiger partial charge in [0.15, 0.2) is 0 Å². The largest absolute Gasteiger partial charge is 0.364 e. The van der Waals surface area contributed by atoms with Crippen LogP contribution in [0.2, 0.25) is 0 Å². The molecule has 138 valence electrons. The molecule has 0 saturated carbocycles. The van der Waals surface area contributed by atoms with E-state index in [0.717, 1.165) is 30.9 Å². The lowest BCUT2D eigenvalue weighted by Crippen LogP contribution is -2.35. The van der Waals surface area contributed by atoms with E-state index in [-0.39, 0.29) is 18.1 Å². The van der Waals surface area contributed by atoms with E-state index in [0.29, 0.717) is 13.1 Å². The third-order valence-electron chi connectivity index (χ3n) is 5.30. The summed E-state index contributed by atoms with van der Waals surface area (Å²) in [5, 5.41) is 2.98. The maximum atomic E-state index is 12.2. The Bertz CT molecular complexity index is 561. The van der Waals surface area contributed by atoms with Crippen LogP contribution in [0, 0.1) is 5.92 Å². The molecule has 1 amide bonds. The van der Waals surface area contributed by atoms with Crippen molar-refractivity contribution in [1.82, 2.24) is 10.2 Å². The average molecular weight is 345 g/mol. The van der Waals surface area contributed by atoms with Gasteiger partial charge >= 0.3 is 0 Å². The molecule has 0 aromatic heterocycles. The molecule has 3 N–H and O–H groups in total. The van der Waals surface area contributed by atoms with Gasteiger partial charge in [-0.25, -0.2) is 0 Å². The van der Waals surface area contributed by atoms with Gasteiger partial charge in [0, 0.05) is 26.2 Å². The first-order valence-electron chi connectivity index (χ1n) is 9.57. The minimum Gasteiger partial charge on any atom is -0.364 e. The van der Waals surface area contributed by atoms with Crippen molar-refractivity contribution in [3.05, 3.63) is 35.4 Å². The van der Waals surface area contributed by atoms with E-state index in [9.17, 15) is 4.79 Å². The summed E-state index contributed by atoms with van der Waals surface area (Å²) in [4.78, 5) is 14.7. The molecular weight excluding hydrogens is 314 g/mol. The smallest absolute Gasteiger partial charge is 0.249 e. The summed E-state index contributed by atoms with van der Waals surface area (Å²) in [5.74, 6) is 0.780. The van der Waals surface area contributed by atoms with Gasteiger partial charge < -0.3 is 15.8 Å². The number of nitrogens with one attached hydrogen (secondary N) is 1. The number of carbonyl (C=O) groups is 1. The first kappa shape index (κ1) is 18.4. The van der Waals surface area contributed by atoms with E-state index in [1.807, 2.05) is 0 Å². The van der Waals surface area contributed by atoms with E-state index in [1.165, 1.54) is 31.5 Å². The number of nitrogens with two attached hydrogens (primary N) is 1. The number of amides is 1. The number of likely N-dealkylation sites (tertiary alicyclic amines) is 1. The fourth-order valence-electron chi connectivity index (χ4n) is 3.83. The Morgan fingerprint density at radius 1 is 1.24 bits per heavy atom. The number of nitrogens with zero attached hydrogens (tertiary/aromatic N) is 1. The number of rotatable bonds is 6. The van der Waals surface area contributed by atoms with Crippen LogP contribution in [0.1, 0.15) is 43.7 Å². The van der Waals surface area contributed by atoms with Gasteiger partial charge in [0.25, 0.3) is 0 Å². The quantitative estimate of drug-likeness (QED) is 0.828. The van der Waals surface area contributed by atoms with Crippen LogP contribution in [0.4, 0.5) is 0 Å². The maximum Gasteiger partial charge on any atom is 0.249 e. The Labute approximate surface area is 150 Å². The number of carbonyl (C=O) groups excluding carboxylic acids is 1. The summed E-state index contributed by atoms with van der Waals surface area (Å²) in [6, 6.07) is 8.58. The zero-order valence-electron chi connectivity index (χ0n) is 15.2. The second kappa shape index (κ2) is 8.79. The van der Waals surface area contributed by atoms with Gasteiger partial charge in [-0.1, -0.05) is 31.2 Å². The van der Waals surface area contributed by atoms with E-state index in [1.54, 1.807) is 0 Å². The highest BCUT2D eigenvalue weighted by molar-refractivity contribution is 5.81. The highest BCUT2D eigenvalue weighted by atomic mass is 16.5. The second-order valence-corrected chi connectivity index (χ2v) is 7.58. The summed E-state index contributed by atoms with van der Waals surface area (Å²) < 4.78 is 5.63. The lowest BCUT2D eigenvalue weighted by atomic mass is 9.99. The number of ether oxygens (including phenoxy) is 1. The van der Waals surface area contributed by atoms with Crippen molar-refractivity contribution in [2.45, 2.75) is 57.9 Å². The second-order valence-electron chi connectivity index (χ2n) is 7.58. The zero-order chi connectivity index (χ0) is 17.6. The Kier molecular flexibility index (Phi) is 6.45. The molecule has 0 spiro atoms. The number of piperidine rings is 1. The molecule has 2 aliphatic rings. The van der Waals surface area contributed by atoms with E-state index in [4.69, 9.17) is 10.5 Å². The standard InChI is InChI=1S/C20H31N3O2/c1-15-3-2-10-23(13-15)14-17-6-4-16(5-7-17)12-22-20(24)19-9-8-18(11-21)25-19/h4-7,15,18-19H,2-3,8-14,21H2,1H3,(H,22,24)/t15?,18-,19+/m1/s1. The fraction of sp³-hybridized carbons (Fsp3) is 0.650. The van der Waals surface area contributed by atoms with Gasteiger partial charge in [0.2, 0.25) is 5.91 Å². The molecular formula is C20H31N3O2. The molecule has 2 saturated heterocycles. The third kappa shape index (κ3) is 5.27. The van der Waals surface area contributed by atoms with Crippen LogP contribution in [0.25, 0.3) is 0 Å². The molecule has 3 rings (SSSR count). The number of hydrogen-bond donors (Lipinski definition) is 2. The first-order chi connectivity index (χ1) is 12.1. The van der Waals surface area contributed by atoms with Crippen molar-refractivity contribution >= 4 is 5.91 Å². The van der Waals surface area contributed by atoms with Gasteiger partial charge in [0.05, 0.1) is 6.10 Å². The predicted molar refractivity (Wildman–Crippen MR) is 98.9 cm³/mol. The van der Waals surface area contributed by atoms with Crippen molar-refractivity contribution in [3.63, 3.8) is 0 Å². The molecule has 1 aromatic rings.